The molecule has 0 aliphatic heterocycles. The zero-order valence-electron chi connectivity index (χ0n) is 8.64. The van der Waals surface area contributed by atoms with Crippen LogP contribution in [0.5, 0.6) is 0 Å². The monoisotopic (exact) mass is 206 g/mol. The van der Waals surface area contributed by atoms with Crippen molar-refractivity contribution in [3.8, 4) is 0 Å². The summed E-state index contributed by atoms with van der Waals surface area (Å²) in [5.74, 6) is -0.381. The maximum absolute atomic E-state index is 10.9. The summed E-state index contributed by atoms with van der Waals surface area (Å²) in [6, 6.07) is 7.61. The molecule has 0 spiro atoms. The lowest BCUT2D eigenvalue weighted by Gasteiger charge is -2.02. The Balaban J connectivity index is 2.83. The number of esters is 1. The average molecular weight is 206 g/mol. The maximum Gasteiger partial charge on any atom is 0.330 e. The average Bonchev–Trinajstić information content (AvgIpc) is 2.28. The number of hydrogen-bond donors (Lipinski definition) is 1. The van der Waals surface area contributed by atoms with Crippen LogP contribution in [0.3, 0.4) is 0 Å². The molecule has 0 atom stereocenters. The molecule has 0 radical (unpaired) electrons. The number of hydrogen-bond acceptors (Lipinski definition) is 3. The van der Waals surface area contributed by atoms with Gasteiger partial charge in [0.25, 0.3) is 0 Å². The molecule has 0 bridgehead atoms. The summed E-state index contributed by atoms with van der Waals surface area (Å²) in [7, 11) is 1.34. The van der Waals surface area contributed by atoms with Crippen LogP contribution in [0.4, 0.5) is 0 Å². The molecule has 0 aliphatic rings. The number of benzene rings is 1. The fourth-order valence-electron chi connectivity index (χ4n) is 1.27. The summed E-state index contributed by atoms with van der Waals surface area (Å²) >= 11 is 0. The van der Waals surface area contributed by atoms with Gasteiger partial charge < -0.3 is 9.84 Å². The van der Waals surface area contributed by atoms with E-state index >= 15 is 0 Å². The first-order chi connectivity index (χ1) is 7.27. The number of aliphatic hydroxyl groups excluding tert-OH is 1. The minimum atomic E-state index is -0.381. The van der Waals surface area contributed by atoms with Gasteiger partial charge in [-0.2, -0.15) is 0 Å². The summed E-state index contributed by atoms with van der Waals surface area (Å²) < 4.78 is 4.50. The maximum atomic E-state index is 10.9. The molecule has 0 heterocycles. The highest BCUT2D eigenvalue weighted by Gasteiger charge is 1.98. The minimum Gasteiger partial charge on any atom is -0.466 e. The van der Waals surface area contributed by atoms with Crippen LogP contribution in [0.15, 0.2) is 30.3 Å². The molecule has 1 N–H and O–H groups in total. The molecule has 3 nitrogen and oxygen atoms in total. The number of aliphatic hydroxyl groups is 1. The predicted octanol–water partition coefficient (Wildman–Crippen LogP) is 1.41. The lowest BCUT2D eigenvalue weighted by atomic mass is 10.0. The van der Waals surface area contributed by atoms with E-state index in [-0.39, 0.29) is 12.6 Å². The SMILES string of the molecule is COC(=O)/C=C/c1ccccc1CCO. The van der Waals surface area contributed by atoms with E-state index < -0.39 is 0 Å². The number of ether oxygens (including phenoxy) is 1. The van der Waals surface area contributed by atoms with Crippen molar-refractivity contribution in [2.24, 2.45) is 0 Å². The van der Waals surface area contributed by atoms with Gasteiger partial charge in [0.15, 0.2) is 0 Å². The highest BCUT2D eigenvalue weighted by molar-refractivity contribution is 5.87. The molecular weight excluding hydrogens is 192 g/mol. The van der Waals surface area contributed by atoms with Crippen LogP contribution < -0.4 is 0 Å². The largest absolute Gasteiger partial charge is 0.466 e. The highest BCUT2D eigenvalue weighted by atomic mass is 16.5. The van der Waals surface area contributed by atoms with Crippen LogP contribution in [0.1, 0.15) is 11.1 Å². The second kappa shape index (κ2) is 5.98. The Morgan fingerprint density at radius 3 is 2.87 bits per heavy atom. The van der Waals surface area contributed by atoms with Crippen molar-refractivity contribution < 1.29 is 14.6 Å². The van der Waals surface area contributed by atoms with Crippen LogP contribution in [-0.4, -0.2) is 24.8 Å². The molecule has 0 aromatic heterocycles. The normalized spacial score (nSPS) is 10.5. The third-order valence-corrected chi connectivity index (χ3v) is 2.04. The van der Waals surface area contributed by atoms with Gasteiger partial charge in [-0.3, -0.25) is 0 Å². The molecule has 80 valence electrons. The van der Waals surface area contributed by atoms with E-state index in [0.29, 0.717) is 6.42 Å². The molecule has 1 rings (SSSR count). The fourth-order valence-corrected chi connectivity index (χ4v) is 1.27. The standard InChI is InChI=1S/C12H14O3/c1-15-12(14)7-6-10-4-2-3-5-11(10)8-9-13/h2-7,13H,8-9H2,1H3/b7-6+. The number of carbonyl (C=O) groups excluding carboxylic acids is 1. The summed E-state index contributed by atoms with van der Waals surface area (Å²) in [4.78, 5) is 10.9. The van der Waals surface area contributed by atoms with Gasteiger partial charge in [-0.05, 0) is 23.6 Å². The van der Waals surface area contributed by atoms with Gasteiger partial charge in [0.05, 0.1) is 7.11 Å². The number of rotatable bonds is 4. The fraction of sp³-hybridized carbons (Fsp3) is 0.250. The van der Waals surface area contributed by atoms with Crippen LogP contribution in [0.25, 0.3) is 6.08 Å². The summed E-state index contributed by atoms with van der Waals surface area (Å²) in [6.07, 6.45) is 3.65. The van der Waals surface area contributed by atoms with Crippen LogP contribution >= 0.6 is 0 Å². The molecule has 0 aliphatic carbocycles. The number of methoxy groups -OCH3 is 1. The Morgan fingerprint density at radius 2 is 2.20 bits per heavy atom. The molecule has 0 amide bonds. The van der Waals surface area contributed by atoms with E-state index in [9.17, 15) is 4.79 Å². The summed E-state index contributed by atoms with van der Waals surface area (Å²) in [5.41, 5.74) is 1.94. The van der Waals surface area contributed by atoms with Gasteiger partial charge >= 0.3 is 5.97 Å². The molecule has 15 heavy (non-hydrogen) atoms. The van der Waals surface area contributed by atoms with E-state index in [2.05, 4.69) is 4.74 Å². The van der Waals surface area contributed by atoms with E-state index in [0.717, 1.165) is 11.1 Å². The van der Waals surface area contributed by atoms with Gasteiger partial charge in [0.2, 0.25) is 0 Å². The molecule has 1 aromatic rings. The zero-order chi connectivity index (χ0) is 11.1. The molecule has 3 heteroatoms. The Kier molecular flexibility index (Phi) is 4.57. The predicted molar refractivity (Wildman–Crippen MR) is 58.3 cm³/mol. The van der Waals surface area contributed by atoms with Crippen molar-refractivity contribution >= 4 is 12.0 Å². The first-order valence-corrected chi connectivity index (χ1v) is 4.72. The minimum absolute atomic E-state index is 0.100. The van der Waals surface area contributed by atoms with E-state index in [1.165, 1.54) is 13.2 Å². The molecule has 0 unspecified atom stereocenters. The summed E-state index contributed by atoms with van der Waals surface area (Å²) in [6.45, 7) is 0.100. The smallest absolute Gasteiger partial charge is 0.330 e. The Morgan fingerprint density at radius 1 is 1.47 bits per heavy atom. The van der Waals surface area contributed by atoms with E-state index in [1.54, 1.807) is 6.08 Å². The molecule has 0 saturated heterocycles. The van der Waals surface area contributed by atoms with Crippen LogP contribution in [0.2, 0.25) is 0 Å². The molecule has 0 fully saturated rings. The van der Waals surface area contributed by atoms with Gasteiger partial charge in [0, 0.05) is 12.7 Å². The van der Waals surface area contributed by atoms with Gasteiger partial charge in [-0.15, -0.1) is 0 Å². The van der Waals surface area contributed by atoms with Crippen molar-refractivity contribution in [1.29, 1.82) is 0 Å². The van der Waals surface area contributed by atoms with Crippen molar-refractivity contribution in [2.75, 3.05) is 13.7 Å². The van der Waals surface area contributed by atoms with Crippen molar-refractivity contribution in [3.05, 3.63) is 41.5 Å². The second-order valence-electron chi connectivity index (χ2n) is 3.03. The Bertz CT molecular complexity index is 356. The van der Waals surface area contributed by atoms with Crippen molar-refractivity contribution in [1.82, 2.24) is 0 Å². The van der Waals surface area contributed by atoms with Crippen LogP contribution in [0, 0.1) is 0 Å². The summed E-state index contributed by atoms with van der Waals surface area (Å²) in [5, 5.41) is 8.85. The van der Waals surface area contributed by atoms with Crippen molar-refractivity contribution in [3.63, 3.8) is 0 Å². The lowest BCUT2D eigenvalue weighted by molar-refractivity contribution is -0.134. The van der Waals surface area contributed by atoms with Gasteiger partial charge in [-0.25, -0.2) is 4.79 Å². The van der Waals surface area contributed by atoms with Crippen LogP contribution in [-0.2, 0) is 16.0 Å². The third kappa shape index (κ3) is 3.56. The van der Waals surface area contributed by atoms with Crippen molar-refractivity contribution in [2.45, 2.75) is 6.42 Å². The first-order valence-electron chi connectivity index (χ1n) is 4.72. The second-order valence-corrected chi connectivity index (χ2v) is 3.03. The third-order valence-electron chi connectivity index (χ3n) is 2.04. The molecule has 1 aromatic carbocycles. The Hall–Kier alpha value is -1.61. The zero-order valence-corrected chi connectivity index (χ0v) is 8.64. The highest BCUT2D eigenvalue weighted by Crippen LogP contribution is 2.11. The van der Waals surface area contributed by atoms with E-state index in [4.69, 9.17) is 5.11 Å². The topological polar surface area (TPSA) is 46.5 Å². The quantitative estimate of drug-likeness (QED) is 0.598. The first kappa shape index (κ1) is 11.5. The molecular formula is C12H14O3. The lowest BCUT2D eigenvalue weighted by Crippen LogP contribution is -1.96. The Labute approximate surface area is 89.0 Å². The van der Waals surface area contributed by atoms with Gasteiger partial charge in [0.1, 0.15) is 0 Å². The van der Waals surface area contributed by atoms with Gasteiger partial charge in [-0.1, -0.05) is 24.3 Å². The molecule has 0 saturated carbocycles. The van der Waals surface area contributed by atoms with E-state index in [1.807, 2.05) is 24.3 Å². The number of carbonyl (C=O) groups is 1.